The Hall–Kier alpha value is -3.90. The molecule has 2 heterocycles. The van der Waals surface area contributed by atoms with Gasteiger partial charge in [-0.1, -0.05) is 102 Å². The zero-order valence-corrected chi connectivity index (χ0v) is 19.4. The average molecular weight is 463 g/mol. The van der Waals surface area contributed by atoms with Crippen LogP contribution >= 0.6 is 11.8 Å². The van der Waals surface area contributed by atoms with Gasteiger partial charge in [-0.3, -0.25) is 15.1 Å². The number of carbonyl (C=O) groups excluding carboxylic acids is 1. The SMILES string of the molecule is Cc1ccc(CSC2=NN3C(=c4ccccc4=NC3c3cccc4ccccc34)C(=O)N2)cc1. The molecule has 6 heteroatoms. The first-order valence-electron chi connectivity index (χ1n) is 11.2. The molecule has 166 valence electrons. The molecule has 0 radical (unpaired) electrons. The van der Waals surface area contributed by atoms with Crippen LogP contribution in [0.3, 0.4) is 0 Å². The number of rotatable bonds is 3. The largest absolute Gasteiger partial charge is 0.298 e. The molecule has 0 spiro atoms. The van der Waals surface area contributed by atoms with Crippen LogP contribution in [0.5, 0.6) is 0 Å². The number of hydrogen-bond acceptors (Lipinski definition) is 5. The van der Waals surface area contributed by atoms with E-state index in [0.717, 1.165) is 32.7 Å². The summed E-state index contributed by atoms with van der Waals surface area (Å²) in [5, 5.41) is 14.1. The predicted octanol–water partition coefficient (Wildman–Crippen LogP) is 4.22. The predicted molar refractivity (Wildman–Crippen MR) is 137 cm³/mol. The molecule has 1 unspecified atom stereocenters. The Balaban J connectivity index is 1.46. The number of hydrogen-bond donors (Lipinski definition) is 1. The van der Waals surface area contributed by atoms with Crippen LogP contribution in [0.25, 0.3) is 16.5 Å². The molecule has 1 amide bonds. The second kappa shape index (κ2) is 8.47. The Morgan fingerprint density at radius 3 is 2.56 bits per heavy atom. The normalized spacial score (nSPS) is 16.9. The number of amidine groups is 1. The van der Waals surface area contributed by atoms with Gasteiger partial charge in [-0.25, -0.2) is 5.01 Å². The molecule has 0 bridgehead atoms. The summed E-state index contributed by atoms with van der Waals surface area (Å²) < 4.78 is 0. The molecule has 1 N–H and O–H groups in total. The number of nitrogens with one attached hydrogen (secondary N) is 1. The molecule has 0 saturated heterocycles. The maximum absolute atomic E-state index is 13.4. The van der Waals surface area contributed by atoms with Gasteiger partial charge in [0.25, 0.3) is 5.91 Å². The number of nitrogens with zero attached hydrogens (tertiary/aromatic N) is 3. The van der Waals surface area contributed by atoms with Crippen molar-refractivity contribution < 1.29 is 4.79 Å². The monoisotopic (exact) mass is 462 g/mol. The van der Waals surface area contributed by atoms with E-state index >= 15 is 0 Å². The summed E-state index contributed by atoms with van der Waals surface area (Å²) in [6.45, 7) is 2.07. The van der Waals surface area contributed by atoms with E-state index in [-0.39, 0.29) is 5.91 Å². The fourth-order valence-corrected chi connectivity index (χ4v) is 5.21. The molecule has 2 aliphatic rings. The van der Waals surface area contributed by atoms with Crippen molar-refractivity contribution in [2.24, 2.45) is 10.1 Å². The van der Waals surface area contributed by atoms with E-state index in [1.54, 1.807) is 5.01 Å². The number of hydrazone groups is 1. The van der Waals surface area contributed by atoms with Gasteiger partial charge >= 0.3 is 0 Å². The number of benzene rings is 4. The highest BCUT2D eigenvalue weighted by atomic mass is 32.2. The lowest BCUT2D eigenvalue weighted by Gasteiger charge is -2.34. The Kier molecular flexibility index (Phi) is 5.15. The van der Waals surface area contributed by atoms with Crippen LogP contribution in [0.1, 0.15) is 22.9 Å². The van der Waals surface area contributed by atoms with Gasteiger partial charge in [0.15, 0.2) is 11.3 Å². The summed E-state index contributed by atoms with van der Waals surface area (Å²) in [7, 11) is 0. The minimum Gasteiger partial charge on any atom is -0.298 e. The Bertz CT molecular complexity index is 1570. The van der Waals surface area contributed by atoms with Crippen LogP contribution in [-0.2, 0) is 10.5 Å². The van der Waals surface area contributed by atoms with Crippen molar-refractivity contribution in [1.29, 1.82) is 0 Å². The van der Waals surface area contributed by atoms with Gasteiger partial charge in [0, 0.05) is 16.5 Å². The first kappa shape index (κ1) is 20.7. The van der Waals surface area contributed by atoms with Gasteiger partial charge in [0.05, 0.1) is 5.36 Å². The summed E-state index contributed by atoms with van der Waals surface area (Å²) in [6.07, 6.45) is -0.433. The van der Waals surface area contributed by atoms with Gasteiger partial charge in [-0.2, -0.15) is 0 Å². The lowest BCUT2D eigenvalue weighted by atomic mass is 10.0. The molecule has 5 nitrogen and oxygen atoms in total. The second-order valence-electron chi connectivity index (χ2n) is 8.42. The smallest absolute Gasteiger partial charge is 0.276 e. The van der Waals surface area contributed by atoms with Crippen molar-refractivity contribution in [3.05, 3.63) is 118 Å². The zero-order valence-electron chi connectivity index (χ0n) is 18.6. The van der Waals surface area contributed by atoms with E-state index in [2.05, 4.69) is 60.8 Å². The fraction of sp³-hybridized carbons (Fsp3) is 0.107. The third-order valence-electron chi connectivity index (χ3n) is 6.11. The van der Waals surface area contributed by atoms with E-state index < -0.39 is 6.17 Å². The van der Waals surface area contributed by atoms with E-state index in [4.69, 9.17) is 10.1 Å². The van der Waals surface area contributed by atoms with Crippen molar-refractivity contribution in [2.45, 2.75) is 18.8 Å². The van der Waals surface area contributed by atoms with Crippen LogP contribution in [0.15, 0.2) is 101 Å². The molecule has 0 aromatic heterocycles. The molecule has 4 aromatic carbocycles. The summed E-state index contributed by atoms with van der Waals surface area (Å²) in [4.78, 5) is 18.4. The number of para-hydroxylation sites is 1. The number of carbonyl (C=O) groups is 1. The van der Waals surface area contributed by atoms with Crippen LogP contribution < -0.4 is 15.9 Å². The third-order valence-corrected chi connectivity index (χ3v) is 7.05. The van der Waals surface area contributed by atoms with Crippen molar-refractivity contribution in [3.8, 4) is 0 Å². The molecule has 0 fully saturated rings. The minimum absolute atomic E-state index is 0.158. The van der Waals surface area contributed by atoms with Gasteiger partial charge in [-0.05, 0) is 29.3 Å². The highest BCUT2D eigenvalue weighted by Crippen LogP contribution is 2.34. The van der Waals surface area contributed by atoms with Crippen LogP contribution in [0.4, 0.5) is 0 Å². The Morgan fingerprint density at radius 2 is 1.68 bits per heavy atom. The number of fused-ring (bicyclic) bond motifs is 3. The standard InChI is InChI=1S/C28H22N4OS/c1-18-13-15-19(16-14-18)17-34-28-30-27(33)25-23-10-4-5-12-24(23)29-26(32(25)31-28)22-11-6-8-20-7-2-3-9-21(20)22/h2-16,26H,17H2,1H3,(H,30,31,33). The van der Waals surface area contributed by atoms with Crippen LogP contribution in [-0.4, -0.2) is 16.1 Å². The maximum Gasteiger partial charge on any atom is 0.276 e. The molecule has 0 aliphatic carbocycles. The first-order chi connectivity index (χ1) is 16.7. The van der Waals surface area contributed by atoms with Gasteiger partial charge in [-0.15, -0.1) is 5.10 Å². The second-order valence-corrected chi connectivity index (χ2v) is 9.38. The van der Waals surface area contributed by atoms with E-state index in [0.29, 0.717) is 10.9 Å². The summed E-state index contributed by atoms with van der Waals surface area (Å²) in [5.74, 6) is 0.559. The number of amides is 1. The summed E-state index contributed by atoms with van der Waals surface area (Å²) in [5.41, 5.74) is 3.96. The topological polar surface area (TPSA) is 57.1 Å². The number of thioether (sulfide) groups is 1. The third kappa shape index (κ3) is 3.66. The molecule has 34 heavy (non-hydrogen) atoms. The van der Waals surface area contributed by atoms with Gasteiger partial charge in [0.1, 0.15) is 5.70 Å². The molecular formula is C28H22N4OS. The molecule has 4 aromatic rings. The molecule has 2 aliphatic heterocycles. The molecule has 1 atom stereocenters. The van der Waals surface area contributed by atoms with Crippen molar-refractivity contribution >= 4 is 39.3 Å². The maximum atomic E-state index is 13.4. The van der Waals surface area contributed by atoms with Gasteiger partial charge in [0.2, 0.25) is 0 Å². The first-order valence-corrected chi connectivity index (χ1v) is 12.2. The van der Waals surface area contributed by atoms with Crippen molar-refractivity contribution in [1.82, 2.24) is 10.3 Å². The lowest BCUT2D eigenvalue weighted by Crippen LogP contribution is -2.50. The summed E-state index contributed by atoms with van der Waals surface area (Å²) >= 11 is 1.52. The average Bonchev–Trinajstić information content (AvgIpc) is 2.87. The van der Waals surface area contributed by atoms with Crippen LogP contribution in [0, 0.1) is 6.92 Å². The molecule has 0 saturated carbocycles. The van der Waals surface area contributed by atoms with Crippen LogP contribution in [0.2, 0.25) is 0 Å². The van der Waals surface area contributed by atoms with E-state index in [1.807, 2.05) is 42.5 Å². The van der Waals surface area contributed by atoms with Crippen molar-refractivity contribution in [3.63, 3.8) is 0 Å². The molecular weight excluding hydrogens is 440 g/mol. The Morgan fingerprint density at radius 1 is 0.912 bits per heavy atom. The quantitative estimate of drug-likeness (QED) is 0.496. The van der Waals surface area contributed by atoms with E-state index in [9.17, 15) is 4.79 Å². The minimum atomic E-state index is -0.433. The summed E-state index contributed by atoms with van der Waals surface area (Å²) in [6, 6.07) is 30.6. The number of aryl methyl sites for hydroxylation is 1. The van der Waals surface area contributed by atoms with Gasteiger partial charge < -0.3 is 0 Å². The van der Waals surface area contributed by atoms with Crippen molar-refractivity contribution in [2.75, 3.05) is 0 Å². The lowest BCUT2D eigenvalue weighted by molar-refractivity contribution is -0.116. The molecule has 6 rings (SSSR count). The zero-order chi connectivity index (χ0) is 23.1. The Labute approximate surface area is 201 Å². The van der Waals surface area contributed by atoms with E-state index in [1.165, 1.54) is 22.9 Å². The highest BCUT2D eigenvalue weighted by Gasteiger charge is 2.35. The fourth-order valence-electron chi connectivity index (χ4n) is 4.41. The highest BCUT2D eigenvalue weighted by molar-refractivity contribution is 8.13.